The van der Waals surface area contributed by atoms with Crippen LogP contribution in [-0.4, -0.2) is 22.3 Å². The maximum absolute atomic E-state index is 13.0. The third-order valence-electron chi connectivity index (χ3n) is 3.71. The normalized spacial score (nSPS) is 10.6. The number of rotatable bonds is 4. The summed E-state index contributed by atoms with van der Waals surface area (Å²) in [6, 6.07) is 9.32. The van der Waals surface area contributed by atoms with E-state index in [1.807, 2.05) is 0 Å². The molecule has 0 saturated heterocycles. The summed E-state index contributed by atoms with van der Waals surface area (Å²) >= 11 is 0. The van der Waals surface area contributed by atoms with E-state index in [9.17, 15) is 14.3 Å². The third kappa shape index (κ3) is 3.40. The number of aliphatic imine (C=N–C) groups is 1. The topological polar surface area (TPSA) is 115 Å². The van der Waals surface area contributed by atoms with Crippen molar-refractivity contribution < 1.29 is 14.3 Å². The molecule has 1 heterocycles. The van der Waals surface area contributed by atoms with Gasteiger partial charge in [-0.25, -0.2) is 9.38 Å². The van der Waals surface area contributed by atoms with Crippen molar-refractivity contribution in [2.24, 2.45) is 16.5 Å². The molecule has 0 saturated carbocycles. The first-order chi connectivity index (χ1) is 12.0. The maximum atomic E-state index is 13.0. The first-order valence-corrected chi connectivity index (χ1v) is 7.42. The maximum Gasteiger partial charge on any atom is 0.191 e. The van der Waals surface area contributed by atoms with E-state index < -0.39 is 0 Å². The zero-order valence-electron chi connectivity index (χ0n) is 13.1. The molecular weight excluding hydrogens is 323 g/mol. The molecule has 0 radical (unpaired) electrons. The van der Waals surface area contributed by atoms with Gasteiger partial charge in [0.1, 0.15) is 11.3 Å². The van der Waals surface area contributed by atoms with Crippen molar-refractivity contribution in [1.82, 2.24) is 4.98 Å². The minimum absolute atomic E-state index is 0.0475. The van der Waals surface area contributed by atoms with Gasteiger partial charge in [-0.2, -0.15) is 0 Å². The predicted molar refractivity (Wildman–Crippen MR) is 93.5 cm³/mol. The Morgan fingerprint density at radius 3 is 2.56 bits per heavy atom. The number of aromatic nitrogens is 1. The molecular formula is C18H15FN4O2. The molecule has 7 heteroatoms. The van der Waals surface area contributed by atoms with Crippen molar-refractivity contribution in [2.45, 2.75) is 6.42 Å². The quantitative estimate of drug-likeness (QED) is 0.384. The zero-order chi connectivity index (χ0) is 18.0. The summed E-state index contributed by atoms with van der Waals surface area (Å²) in [6.45, 7) is 0. The number of phenolic OH excluding ortho intramolecular Hbond substituents is 1. The molecule has 0 bridgehead atoms. The van der Waals surface area contributed by atoms with Crippen LogP contribution in [0.15, 0.2) is 47.6 Å². The molecule has 25 heavy (non-hydrogen) atoms. The molecule has 126 valence electrons. The van der Waals surface area contributed by atoms with Crippen LogP contribution in [0.1, 0.15) is 21.5 Å². The third-order valence-corrected chi connectivity index (χ3v) is 3.71. The second-order valence-electron chi connectivity index (χ2n) is 5.53. The van der Waals surface area contributed by atoms with Gasteiger partial charge < -0.3 is 16.6 Å². The molecule has 3 rings (SSSR count). The Hall–Kier alpha value is -3.48. The second-order valence-corrected chi connectivity index (χ2v) is 5.53. The largest absolute Gasteiger partial charge is 0.505 e. The molecule has 0 unspecified atom stereocenters. The van der Waals surface area contributed by atoms with E-state index in [1.165, 1.54) is 18.2 Å². The molecule has 0 amide bonds. The van der Waals surface area contributed by atoms with Gasteiger partial charge in [0.2, 0.25) is 0 Å². The van der Waals surface area contributed by atoms with E-state index in [0.29, 0.717) is 23.8 Å². The van der Waals surface area contributed by atoms with Crippen molar-refractivity contribution in [2.75, 3.05) is 0 Å². The van der Waals surface area contributed by atoms with Crippen molar-refractivity contribution in [3.63, 3.8) is 0 Å². The van der Waals surface area contributed by atoms with Crippen LogP contribution in [0.3, 0.4) is 0 Å². The van der Waals surface area contributed by atoms with E-state index in [1.54, 1.807) is 24.4 Å². The molecule has 0 aliphatic carbocycles. The summed E-state index contributed by atoms with van der Waals surface area (Å²) in [5.74, 6) is -0.706. The number of nitrogens with two attached hydrogens (primary N) is 2. The highest BCUT2D eigenvalue weighted by atomic mass is 19.1. The smallest absolute Gasteiger partial charge is 0.191 e. The molecule has 2 aromatic carbocycles. The Labute approximate surface area is 142 Å². The van der Waals surface area contributed by atoms with E-state index in [-0.39, 0.29) is 28.6 Å². The van der Waals surface area contributed by atoms with Crippen LogP contribution in [0.5, 0.6) is 5.75 Å². The Morgan fingerprint density at radius 1 is 1.20 bits per heavy atom. The average Bonchev–Trinajstić information content (AvgIpc) is 2.59. The van der Waals surface area contributed by atoms with Crippen LogP contribution in [0.2, 0.25) is 0 Å². The number of benzene rings is 2. The minimum atomic E-state index is -0.304. The monoisotopic (exact) mass is 338 g/mol. The van der Waals surface area contributed by atoms with Gasteiger partial charge in [0.05, 0.1) is 11.3 Å². The Bertz CT molecular complexity index is 981. The molecule has 0 aliphatic rings. The predicted octanol–water partition coefficient (Wildman–Crippen LogP) is 2.39. The first-order valence-electron chi connectivity index (χ1n) is 7.42. The van der Waals surface area contributed by atoms with E-state index in [2.05, 4.69) is 9.98 Å². The molecule has 3 aromatic rings. The van der Waals surface area contributed by atoms with Crippen LogP contribution >= 0.6 is 0 Å². The van der Waals surface area contributed by atoms with Gasteiger partial charge in [-0.15, -0.1) is 0 Å². The lowest BCUT2D eigenvalue weighted by Crippen LogP contribution is -2.21. The van der Waals surface area contributed by atoms with Crippen molar-refractivity contribution >= 4 is 28.8 Å². The van der Waals surface area contributed by atoms with Crippen LogP contribution in [0.4, 0.5) is 10.1 Å². The van der Waals surface area contributed by atoms with E-state index >= 15 is 0 Å². The highest BCUT2D eigenvalue weighted by Crippen LogP contribution is 2.35. The summed E-state index contributed by atoms with van der Waals surface area (Å²) in [5, 5.41) is 10.7. The summed E-state index contributed by atoms with van der Waals surface area (Å²) in [4.78, 5) is 19.4. The Morgan fingerprint density at radius 2 is 1.92 bits per heavy atom. The van der Waals surface area contributed by atoms with E-state index in [0.717, 1.165) is 11.1 Å². The fraction of sp³-hybridized carbons (Fsp3) is 0.0556. The molecule has 0 atom stereocenters. The van der Waals surface area contributed by atoms with Crippen molar-refractivity contribution in [1.29, 1.82) is 0 Å². The lowest BCUT2D eigenvalue weighted by atomic mass is 10.0. The number of phenols is 1. The molecule has 1 aromatic heterocycles. The van der Waals surface area contributed by atoms with Gasteiger partial charge in [-0.3, -0.25) is 9.78 Å². The lowest BCUT2D eigenvalue weighted by molar-refractivity contribution is 0.112. The molecule has 6 nitrogen and oxygen atoms in total. The number of halogens is 1. The number of fused-ring (bicyclic) bond motifs is 1. The van der Waals surface area contributed by atoms with Gasteiger partial charge in [0, 0.05) is 11.6 Å². The second kappa shape index (κ2) is 6.56. The number of pyridine rings is 1. The Kier molecular flexibility index (Phi) is 4.30. The number of hydrogen-bond acceptors (Lipinski definition) is 4. The van der Waals surface area contributed by atoms with Crippen molar-refractivity contribution in [3.05, 3.63) is 65.1 Å². The van der Waals surface area contributed by atoms with Crippen LogP contribution in [0, 0.1) is 5.82 Å². The number of aromatic hydroxyl groups is 1. The van der Waals surface area contributed by atoms with Crippen LogP contribution in [0.25, 0.3) is 10.9 Å². The number of aldehydes is 1. The number of hydrogen-bond donors (Lipinski definition) is 3. The standard InChI is InChI=1S/C18H15FN4O2/c19-13-3-1-10(2-4-13)5-11-6-14-15(23-18(20)21)7-12(9-24)17(25)16(14)22-8-11/h1-4,6-9,25H,5H2,(H4,20,21,23). The summed E-state index contributed by atoms with van der Waals surface area (Å²) in [6.07, 6.45) is 2.61. The first kappa shape index (κ1) is 16.4. The van der Waals surface area contributed by atoms with Crippen LogP contribution < -0.4 is 11.5 Å². The Balaban J connectivity index is 2.13. The average molecular weight is 338 g/mol. The van der Waals surface area contributed by atoms with Crippen LogP contribution in [-0.2, 0) is 6.42 Å². The fourth-order valence-electron chi connectivity index (χ4n) is 2.58. The zero-order valence-corrected chi connectivity index (χ0v) is 13.1. The molecule has 0 fully saturated rings. The number of guanidine groups is 1. The van der Waals surface area contributed by atoms with E-state index in [4.69, 9.17) is 11.5 Å². The van der Waals surface area contributed by atoms with Gasteiger partial charge in [-0.05, 0) is 41.8 Å². The van der Waals surface area contributed by atoms with Crippen molar-refractivity contribution in [3.8, 4) is 5.75 Å². The minimum Gasteiger partial charge on any atom is -0.505 e. The summed E-state index contributed by atoms with van der Waals surface area (Å²) in [5.41, 5.74) is 13.2. The molecule has 0 aliphatic heterocycles. The number of carbonyl (C=O) groups is 1. The molecule has 5 N–H and O–H groups in total. The molecule has 0 spiro atoms. The fourth-order valence-corrected chi connectivity index (χ4v) is 2.58. The van der Waals surface area contributed by atoms with Gasteiger partial charge in [0.15, 0.2) is 18.0 Å². The number of carbonyl (C=O) groups excluding carboxylic acids is 1. The summed E-state index contributed by atoms with van der Waals surface area (Å²) in [7, 11) is 0. The highest BCUT2D eigenvalue weighted by molar-refractivity contribution is 6.02. The lowest BCUT2D eigenvalue weighted by Gasteiger charge is -2.09. The van der Waals surface area contributed by atoms with Gasteiger partial charge >= 0.3 is 0 Å². The summed E-state index contributed by atoms with van der Waals surface area (Å²) < 4.78 is 13.0. The SMILES string of the molecule is NC(N)=Nc1cc(C=O)c(O)c2ncc(Cc3ccc(F)cc3)cc12. The van der Waals surface area contributed by atoms with Gasteiger partial charge in [0.25, 0.3) is 0 Å². The van der Waals surface area contributed by atoms with Gasteiger partial charge in [-0.1, -0.05) is 12.1 Å². The number of nitrogens with zero attached hydrogens (tertiary/aromatic N) is 2. The highest BCUT2D eigenvalue weighted by Gasteiger charge is 2.13.